The summed E-state index contributed by atoms with van der Waals surface area (Å²) >= 11 is 0. The number of imidazole rings is 1. The van der Waals surface area contributed by atoms with E-state index < -0.39 is 0 Å². The molecular formula is C12H13ClN2O. The first kappa shape index (κ1) is 12.5. The summed E-state index contributed by atoms with van der Waals surface area (Å²) in [5.41, 5.74) is 1.10. The van der Waals surface area contributed by atoms with Crippen LogP contribution in [-0.4, -0.2) is 10.4 Å². The number of nitrogens with zero attached hydrogens (tertiary/aromatic N) is 2. The van der Waals surface area contributed by atoms with Crippen LogP contribution in [0.2, 0.25) is 0 Å². The van der Waals surface area contributed by atoms with Gasteiger partial charge >= 0.3 is 0 Å². The van der Waals surface area contributed by atoms with E-state index in [4.69, 9.17) is 0 Å². The predicted molar refractivity (Wildman–Crippen MR) is 56.6 cm³/mol. The van der Waals surface area contributed by atoms with Crippen LogP contribution in [-0.2, 0) is 11.3 Å². The normalized spacial score (nSPS) is 9.56. The zero-order valence-electron chi connectivity index (χ0n) is 9.01. The summed E-state index contributed by atoms with van der Waals surface area (Å²) in [5, 5.41) is 0. The molecule has 0 fully saturated rings. The molecule has 1 heterocycles. The van der Waals surface area contributed by atoms with Gasteiger partial charge in [0.25, 0.3) is 0 Å². The summed E-state index contributed by atoms with van der Waals surface area (Å²) in [5.74, 6) is 0.158. The Morgan fingerprint density at radius 1 is 1.31 bits per heavy atom. The fourth-order valence-electron chi connectivity index (χ4n) is 1.50. The summed E-state index contributed by atoms with van der Waals surface area (Å²) in [4.78, 5) is 10.9. The van der Waals surface area contributed by atoms with Gasteiger partial charge in [0, 0.05) is 0 Å². The van der Waals surface area contributed by atoms with E-state index in [-0.39, 0.29) is 18.2 Å². The van der Waals surface area contributed by atoms with E-state index in [2.05, 4.69) is 0 Å². The minimum Gasteiger partial charge on any atom is -1.00 e. The largest absolute Gasteiger partial charge is 1.00 e. The highest BCUT2D eigenvalue weighted by Crippen LogP contribution is 2.04. The number of carbonyl (C=O) groups excluding carboxylic acids is 1. The van der Waals surface area contributed by atoms with Crippen molar-refractivity contribution >= 4 is 5.78 Å². The Morgan fingerprint density at radius 2 is 2.00 bits per heavy atom. The molecule has 2 aromatic rings. The second kappa shape index (κ2) is 5.47. The number of rotatable bonds is 3. The monoisotopic (exact) mass is 236 g/mol. The second-order valence-corrected chi connectivity index (χ2v) is 3.53. The Labute approximate surface area is 101 Å². The zero-order valence-corrected chi connectivity index (χ0v) is 9.76. The Bertz CT molecular complexity index is 465. The number of Topliss-reactive ketones (excluding diaryl/α,β-unsaturated/α-hetero) is 1. The number of ketones is 1. The molecular weight excluding hydrogens is 224 g/mol. The Balaban J connectivity index is 0.00000128. The van der Waals surface area contributed by atoms with E-state index in [0.29, 0.717) is 6.54 Å². The number of halogens is 1. The van der Waals surface area contributed by atoms with Gasteiger partial charge in [-0.25, -0.2) is 9.13 Å². The maximum absolute atomic E-state index is 10.9. The van der Waals surface area contributed by atoms with E-state index >= 15 is 0 Å². The minimum atomic E-state index is 0. The van der Waals surface area contributed by atoms with Crippen molar-refractivity contribution < 1.29 is 21.8 Å². The van der Waals surface area contributed by atoms with E-state index in [1.807, 2.05) is 58.2 Å². The van der Waals surface area contributed by atoms with E-state index in [9.17, 15) is 4.79 Å². The van der Waals surface area contributed by atoms with Crippen molar-refractivity contribution in [2.45, 2.75) is 13.5 Å². The van der Waals surface area contributed by atoms with Gasteiger partial charge in [-0.2, -0.15) is 0 Å². The van der Waals surface area contributed by atoms with Crippen LogP contribution in [0.5, 0.6) is 0 Å². The van der Waals surface area contributed by atoms with Crippen molar-refractivity contribution in [3.8, 4) is 5.69 Å². The number of aromatic nitrogens is 2. The second-order valence-electron chi connectivity index (χ2n) is 3.53. The lowest BCUT2D eigenvalue weighted by molar-refractivity contribution is -0.683. The molecule has 0 atom stereocenters. The van der Waals surface area contributed by atoms with Gasteiger partial charge in [-0.3, -0.25) is 4.79 Å². The van der Waals surface area contributed by atoms with Gasteiger partial charge in [0.1, 0.15) is 24.6 Å². The first-order chi connectivity index (χ1) is 7.25. The summed E-state index contributed by atoms with van der Waals surface area (Å²) < 4.78 is 3.86. The van der Waals surface area contributed by atoms with Crippen molar-refractivity contribution in [1.29, 1.82) is 0 Å². The van der Waals surface area contributed by atoms with Gasteiger partial charge in [0.15, 0.2) is 5.78 Å². The van der Waals surface area contributed by atoms with Gasteiger partial charge in [-0.1, -0.05) is 18.2 Å². The average Bonchev–Trinajstić information content (AvgIpc) is 2.67. The third-order valence-corrected chi connectivity index (χ3v) is 2.15. The molecule has 0 unspecified atom stereocenters. The topological polar surface area (TPSA) is 25.9 Å². The predicted octanol–water partition coefficient (Wildman–Crippen LogP) is -1.64. The van der Waals surface area contributed by atoms with E-state index in [1.54, 1.807) is 6.92 Å². The lowest BCUT2D eigenvalue weighted by Gasteiger charge is -1.93. The van der Waals surface area contributed by atoms with Gasteiger partial charge in [-0.15, -0.1) is 0 Å². The molecule has 4 heteroatoms. The molecule has 3 nitrogen and oxygen atoms in total. The summed E-state index contributed by atoms with van der Waals surface area (Å²) in [6.45, 7) is 2.02. The fourth-order valence-corrected chi connectivity index (χ4v) is 1.50. The average molecular weight is 237 g/mol. The number of carbonyl (C=O) groups is 1. The minimum absolute atomic E-state index is 0. The van der Waals surface area contributed by atoms with Crippen molar-refractivity contribution in [3.05, 3.63) is 49.1 Å². The quantitative estimate of drug-likeness (QED) is 0.587. The summed E-state index contributed by atoms with van der Waals surface area (Å²) in [6, 6.07) is 10.0. The van der Waals surface area contributed by atoms with Crippen LogP contribution in [0.3, 0.4) is 0 Å². The van der Waals surface area contributed by atoms with Crippen LogP contribution < -0.4 is 17.0 Å². The number of para-hydroxylation sites is 1. The highest BCUT2D eigenvalue weighted by atomic mass is 35.5. The first-order valence-electron chi connectivity index (χ1n) is 4.87. The fraction of sp³-hybridized carbons (Fsp3) is 0.167. The Hall–Kier alpha value is -1.61. The smallest absolute Gasteiger partial charge is 0.249 e. The molecule has 0 saturated carbocycles. The molecule has 0 saturated heterocycles. The van der Waals surface area contributed by atoms with Crippen LogP contribution in [0, 0.1) is 0 Å². The molecule has 16 heavy (non-hydrogen) atoms. The van der Waals surface area contributed by atoms with E-state index in [1.165, 1.54) is 0 Å². The van der Waals surface area contributed by atoms with Crippen molar-refractivity contribution in [1.82, 2.24) is 4.57 Å². The molecule has 2 rings (SSSR count). The third kappa shape index (κ3) is 2.94. The zero-order chi connectivity index (χ0) is 10.7. The Morgan fingerprint density at radius 3 is 2.62 bits per heavy atom. The van der Waals surface area contributed by atoms with Crippen LogP contribution in [0.4, 0.5) is 0 Å². The SMILES string of the molecule is CC(=O)C[n+]1ccn(-c2ccccc2)c1.[Cl-]. The molecule has 1 aromatic heterocycles. The maximum atomic E-state index is 10.9. The molecule has 0 radical (unpaired) electrons. The first-order valence-corrected chi connectivity index (χ1v) is 4.87. The molecule has 0 spiro atoms. The maximum Gasteiger partial charge on any atom is 0.249 e. The van der Waals surface area contributed by atoms with Crippen molar-refractivity contribution in [2.24, 2.45) is 0 Å². The molecule has 0 amide bonds. The highest BCUT2D eigenvalue weighted by molar-refractivity contribution is 5.73. The highest BCUT2D eigenvalue weighted by Gasteiger charge is 2.06. The Kier molecular flexibility index (Phi) is 4.26. The molecule has 0 aliphatic carbocycles. The lowest BCUT2D eigenvalue weighted by Crippen LogP contribution is -3.00. The molecule has 0 aliphatic heterocycles. The van der Waals surface area contributed by atoms with Crippen LogP contribution in [0.25, 0.3) is 5.69 Å². The van der Waals surface area contributed by atoms with Crippen LogP contribution >= 0.6 is 0 Å². The molecule has 84 valence electrons. The van der Waals surface area contributed by atoms with Crippen LogP contribution in [0.1, 0.15) is 6.92 Å². The molecule has 0 N–H and O–H groups in total. The molecule has 1 aromatic carbocycles. The van der Waals surface area contributed by atoms with Crippen molar-refractivity contribution in [3.63, 3.8) is 0 Å². The standard InChI is InChI=1S/C12H13N2O.ClH/c1-11(15)9-13-7-8-14(10-13)12-5-3-2-4-6-12;/h2-8,10H,9H2,1H3;1H/q+1;/p-1. The summed E-state index contributed by atoms with van der Waals surface area (Å²) in [7, 11) is 0. The molecule has 0 bridgehead atoms. The number of hydrogen-bond donors (Lipinski definition) is 0. The van der Waals surface area contributed by atoms with Crippen LogP contribution in [0.15, 0.2) is 49.1 Å². The summed E-state index contributed by atoms with van der Waals surface area (Å²) in [6.07, 6.45) is 5.75. The van der Waals surface area contributed by atoms with Gasteiger partial charge in [-0.05, 0) is 19.1 Å². The van der Waals surface area contributed by atoms with Gasteiger partial charge in [0.05, 0.1) is 0 Å². The number of benzene rings is 1. The van der Waals surface area contributed by atoms with E-state index in [0.717, 1.165) is 5.69 Å². The third-order valence-electron chi connectivity index (χ3n) is 2.15. The lowest BCUT2D eigenvalue weighted by atomic mass is 10.3. The van der Waals surface area contributed by atoms with Gasteiger partial charge in [0.2, 0.25) is 6.33 Å². The molecule has 0 aliphatic rings. The van der Waals surface area contributed by atoms with Crippen molar-refractivity contribution in [2.75, 3.05) is 0 Å². The van der Waals surface area contributed by atoms with Gasteiger partial charge < -0.3 is 12.4 Å². The number of hydrogen-bond acceptors (Lipinski definition) is 1.